The molecule has 2 heterocycles. The third-order valence-corrected chi connectivity index (χ3v) is 7.27. The zero-order valence-corrected chi connectivity index (χ0v) is 20.2. The molecule has 1 aromatic heterocycles. The number of thiocarbonyl (C=S) groups is 1. The van der Waals surface area contributed by atoms with Gasteiger partial charge in [-0.25, -0.2) is 13.6 Å². The quantitative estimate of drug-likeness (QED) is 0.334. The van der Waals surface area contributed by atoms with E-state index in [-0.39, 0.29) is 23.0 Å². The molecule has 35 heavy (non-hydrogen) atoms. The molecule has 1 aliphatic rings. The van der Waals surface area contributed by atoms with Crippen molar-refractivity contribution in [2.45, 2.75) is 6.54 Å². The third-order valence-electron chi connectivity index (χ3n) is 5.01. The molecular formula is C24H16F2N2O4S3. The lowest BCUT2D eigenvalue weighted by Gasteiger charge is -2.14. The van der Waals surface area contributed by atoms with Crippen LogP contribution in [0.2, 0.25) is 0 Å². The Kier molecular flexibility index (Phi) is 7.39. The summed E-state index contributed by atoms with van der Waals surface area (Å²) in [5, 5.41) is 13.4. The predicted octanol–water partition coefficient (Wildman–Crippen LogP) is 4.91. The summed E-state index contributed by atoms with van der Waals surface area (Å²) in [5.41, 5.74) is 2.06. The summed E-state index contributed by atoms with van der Waals surface area (Å²) in [7, 11) is 0. The van der Waals surface area contributed by atoms with Gasteiger partial charge in [-0.05, 0) is 58.5 Å². The van der Waals surface area contributed by atoms with Gasteiger partial charge < -0.3 is 10.4 Å². The molecule has 0 unspecified atom stereocenters. The second kappa shape index (κ2) is 10.5. The number of thioether (sulfide) groups is 1. The molecule has 178 valence electrons. The molecule has 2 aromatic carbocycles. The lowest BCUT2D eigenvalue weighted by molar-refractivity contribution is -0.128. The van der Waals surface area contributed by atoms with E-state index in [1.165, 1.54) is 34.4 Å². The highest BCUT2D eigenvalue weighted by molar-refractivity contribution is 8.26. The van der Waals surface area contributed by atoms with E-state index in [1.807, 2.05) is 0 Å². The first-order valence-corrected chi connectivity index (χ1v) is 12.2. The van der Waals surface area contributed by atoms with E-state index < -0.39 is 29.4 Å². The normalized spacial score (nSPS) is 14.6. The number of hydrogen-bond donors (Lipinski definition) is 2. The van der Waals surface area contributed by atoms with Gasteiger partial charge in [0.2, 0.25) is 5.91 Å². The molecular weight excluding hydrogens is 514 g/mol. The average molecular weight is 531 g/mol. The van der Waals surface area contributed by atoms with Gasteiger partial charge in [-0.1, -0.05) is 42.2 Å². The maximum absolute atomic E-state index is 13.5. The molecule has 0 atom stereocenters. The van der Waals surface area contributed by atoms with Crippen LogP contribution >= 0.6 is 35.3 Å². The van der Waals surface area contributed by atoms with Gasteiger partial charge in [-0.2, -0.15) is 0 Å². The SMILES string of the molecule is O=C(CN1C(=O)/C(=C/c2cc(-c3ccc(F)c(F)c3)cs2)SC1=S)NCc1ccc(C(=O)O)cc1. The molecule has 1 aliphatic heterocycles. The van der Waals surface area contributed by atoms with E-state index in [2.05, 4.69) is 5.32 Å². The molecule has 1 saturated heterocycles. The Labute approximate surface area is 212 Å². The van der Waals surface area contributed by atoms with Gasteiger partial charge in [0, 0.05) is 11.4 Å². The summed E-state index contributed by atoms with van der Waals surface area (Å²) in [5.74, 6) is -3.71. The standard InChI is InChI=1S/C24H16F2N2O4S3/c25-18-6-5-15(8-19(18)26)16-7-17(34-12-16)9-20-22(30)28(24(33)35-20)11-21(29)27-10-13-1-3-14(4-2-13)23(31)32/h1-9,12H,10-11H2,(H,27,29)(H,31,32)/b20-9-. The van der Waals surface area contributed by atoms with Crippen LogP contribution in [-0.4, -0.2) is 38.7 Å². The lowest BCUT2D eigenvalue weighted by atomic mass is 10.1. The Morgan fingerprint density at radius 1 is 1.06 bits per heavy atom. The molecule has 6 nitrogen and oxygen atoms in total. The van der Waals surface area contributed by atoms with Crippen molar-refractivity contribution in [3.05, 3.63) is 86.5 Å². The number of rotatable bonds is 7. The van der Waals surface area contributed by atoms with E-state index in [0.717, 1.165) is 28.8 Å². The van der Waals surface area contributed by atoms with Crippen molar-refractivity contribution >= 4 is 63.5 Å². The zero-order valence-electron chi connectivity index (χ0n) is 17.8. The Balaban J connectivity index is 1.38. The van der Waals surface area contributed by atoms with Gasteiger partial charge in [-0.3, -0.25) is 14.5 Å². The predicted molar refractivity (Wildman–Crippen MR) is 135 cm³/mol. The van der Waals surface area contributed by atoms with Crippen LogP contribution in [0.15, 0.2) is 58.8 Å². The Morgan fingerprint density at radius 3 is 2.49 bits per heavy atom. The van der Waals surface area contributed by atoms with Crippen LogP contribution in [0.25, 0.3) is 17.2 Å². The van der Waals surface area contributed by atoms with Crippen molar-refractivity contribution in [1.29, 1.82) is 0 Å². The molecule has 0 radical (unpaired) electrons. The fourth-order valence-corrected chi connectivity index (χ4v) is 5.36. The molecule has 3 aromatic rings. The lowest BCUT2D eigenvalue weighted by Crippen LogP contribution is -2.39. The number of carboxylic acid groups (broad SMARTS) is 1. The maximum atomic E-state index is 13.5. The van der Waals surface area contributed by atoms with Gasteiger partial charge in [0.05, 0.1) is 10.5 Å². The number of carboxylic acids is 1. The number of carbonyl (C=O) groups is 3. The smallest absolute Gasteiger partial charge is 0.335 e. The molecule has 0 aliphatic carbocycles. The number of nitrogens with zero attached hydrogens (tertiary/aromatic N) is 1. The van der Waals surface area contributed by atoms with Gasteiger partial charge in [0.25, 0.3) is 5.91 Å². The van der Waals surface area contributed by atoms with E-state index in [1.54, 1.807) is 29.7 Å². The van der Waals surface area contributed by atoms with E-state index in [0.29, 0.717) is 21.6 Å². The van der Waals surface area contributed by atoms with Crippen LogP contribution in [0.5, 0.6) is 0 Å². The van der Waals surface area contributed by atoms with Gasteiger partial charge in [0.1, 0.15) is 10.9 Å². The Morgan fingerprint density at radius 2 is 1.80 bits per heavy atom. The summed E-state index contributed by atoms with van der Waals surface area (Å²) in [6.07, 6.45) is 1.65. The highest BCUT2D eigenvalue weighted by Crippen LogP contribution is 2.35. The number of carbonyl (C=O) groups excluding carboxylic acids is 2. The first-order chi connectivity index (χ1) is 16.7. The molecule has 1 fully saturated rings. The minimum atomic E-state index is -1.04. The number of benzene rings is 2. The fourth-order valence-electron chi connectivity index (χ4n) is 3.19. The van der Waals surface area contributed by atoms with E-state index >= 15 is 0 Å². The van der Waals surface area contributed by atoms with Crippen LogP contribution in [0.1, 0.15) is 20.8 Å². The van der Waals surface area contributed by atoms with Crippen LogP contribution < -0.4 is 5.32 Å². The van der Waals surface area contributed by atoms with Crippen LogP contribution in [0.4, 0.5) is 8.78 Å². The van der Waals surface area contributed by atoms with Crippen molar-refractivity contribution < 1.29 is 28.3 Å². The molecule has 2 amide bonds. The minimum absolute atomic E-state index is 0.145. The summed E-state index contributed by atoms with van der Waals surface area (Å²) in [6.45, 7) is -0.0783. The van der Waals surface area contributed by atoms with Gasteiger partial charge in [0.15, 0.2) is 11.6 Å². The highest BCUT2D eigenvalue weighted by Gasteiger charge is 2.33. The summed E-state index contributed by atoms with van der Waals surface area (Å²) in [4.78, 5) is 38.4. The second-order valence-electron chi connectivity index (χ2n) is 7.41. The largest absolute Gasteiger partial charge is 0.478 e. The number of aromatic carboxylic acids is 1. The number of amides is 2. The third kappa shape index (κ3) is 5.81. The molecule has 11 heteroatoms. The minimum Gasteiger partial charge on any atom is -0.478 e. The van der Waals surface area contributed by atoms with Crippen molar-refractivity contribution in [2.75, 3.05) is 6.54 Å². The molecule has 0 bridgehead atoms. The van der Waals surface area contributed by atoms with Crippen molar-refractivity contribution in [3.8, 4) is 11.1 Å². The van der Waals surface area contributed by atoms with Crippen molar-refractivity contribution in [2.24, 2.45) is 0 Å². The van der Waals surface area contributed by atoms with Crippen molar-refractivity contribution in [1.82, 2.24) is 10.2 Å². The maximum Gasteiger partial charge on any atom is 0.335 e. The highest BCUT2D eigenvalue weighted by atomic mass is 32.2. The number of halogens is 2. The van der Waals surface area contributed by atoms with Crippen LogP contribution in [0, 0.1) is 11.6 Å². The average Bonchev–Trinajstić information content (AvgIpc) is 3.40. The molecule has 4 rings (SSSR count). The zero-order chi connectivity index (χ0) is 25.1. The first kappa shape index (κ1) is 24.7. The van der Waals surface area contributed by atoms with E-state index in [4.69, 9.17) is 17.3 Å². The number of thiophene rings is 1. The Bertz CT molecular complexity index is 1370. The van der Waals surface area contributed by atoms with Gasteiger partial charge >= 0.3 is 5.97 Å². The van der Waals surface area contributed by atoms with E-state index in [9.17, 15) is 23.2 Å². The summed E-state index contributed by atoms with van der Waals surface area (Å²) >= 11 is 7.68. The second-order valence-corrected chi connectivity index (χ2v) is 10.0. The Hall–Kier alpha value is -3.41. The topological polar surface area (TPSA) is 86.7 Å². The summed E-state index contributed by atoms with van der Waals surface area (Å²) in [6, 6.07) is 11.5. The van der Waals surface area contributed by atoms with Crippen LogP contribution in [0.3, 0.4) is 0 Å². The van der Waals surface area contributed by atoms with Gasteiger partial charge in [-0.15, -0.1) is 11.3 Å². The van der Waals surface area contributed by atoms with Crippen molar-refractivity contribution in [3.63, 3.8) is 0 Å². The molecule has 0 saturated carbocycles. The molecule has 2 N–H and O–H groups in total. The first-order valence-electron chi connectivity index (χ1n) is 10.1. The molecule has 0 spiro atoms. The number of hydrogen-bond acceptors (Lipinski definition) is 6. The monoisotopic (exact) mass is 530 g/mol. The summed E-state index contributed by atoms with van der Waals surface area (Å²) < 4.78 is 27.0. The fraction of sp³-hybridized carbons (Fsp3) is 0.0833. The number of nitrogens with one attached hydrogen (secondary N) is 1. The van der Waals surface area contributed by atoms with Crippen LogP contribution in [-0.2, 0) is 16.1 Å².